The minimum atomic E-state index is -0.0443. The van der Waals surface area contributed by atoms with Crippen molar-refractivity contribution < 1.29 is 4.79 Å². The van der Waals surface area contributed by atoms with Gasteiger partial charge in [-0.2, -0.15) is 0 Å². The maximum absolute atomic E-state index is 13.6. The lowest BCUT2D eigenvalue weighted by Gasteiger charge is -2.26. The van der Waals surface area contributed by atoms with Gasteiger partial charge in [0.15, 0.2) is 0 Å². The van der Waals surface area contributed by atoms with Crippen molar-refractivity contribution in [2.24, 2.45) is 0 Å². The molecule has 6 heteroatoms. The number of likely N-dealkylation sites (N-methyl/N-ethyl adjacent to an activating group) is 1. The average molecular weight is 412 g/mol. The summed E-state index contributed by atoms with van der Waals surface area (Å²) in [5.74, 6) is -0.0443. The summed E-state index contributed by atoms with van der Waals surface area (Å²) in [5, 5.41) is 0.846. The number of aryl methyl sites for hydroxylation is 2. The predicted octanol–water partition coefficient (Wildman–Crippen LogP) is 4.41. The minimum absolute atomic E-state index is 0.0161. The fourth-order valence-corrected chi connectivity index (χ4v) is 3.69. The maximum atomic E-state index is 13.6. The Morgan fingerprint density at radius 1 is 1.06 bits per heavy atom. The molecule has 0 bridgehead atoms. The number of amides is 1. The van der Waals surface area contributed by atoms with Crippen molar-refractivity contribution in [2.45, 2.75) is 33.2 Å². The fraction of sp³-hybridized carbons (Fsp3) is 0.240. The minimum Gasteiger partial charge on any atom is -0.339 e. The number of rotatable bonds is 5. The van der Waals surface area contributed by atoms with E-state index in [1.165, 1.54) is 6.33 Å². The first-order valence-corrected chi connectivity index (χ1v) is 10.3. The van der Waals surface area contributed by atoms with E-state index < -0.39 is 0 Å². The highest BCUT2D eigenvalue weighted by atomic mass is 16.2. The zero-order chi connectivity index (χ0) is 22.0. The van der Waals surface area contributed by atoms with Gasteiger partial charge in [0.2, 0.25) is 0 Å². The van der Waals surface area contributed by atoms with E-state index in [0.717, 1.165) is 33.3 Å². The van der Waals surface area contributed by atoms with Gasteiger partial charge in [0.05, 0.1) is 16.8 Å². The molecule has 0 aliphatic carbocycles. The molecule has 1 aromatic carbocycles. The summed E-state index contributed by atoms with van der Waals surface area (Å²) in [6.45, 7) is 6.10. The van der Waals surface area contributed by atoms with Crippen LogP contribution in [0.1, 0.15) is 34.1 Å². The smallest absolute Gasteiger partial charge is 0.254 e. The molecule has 0 unspecified atom stereocenters. The summed E-state index contributed by atoms with van der Waals surface area (Å²) < 4.78 is 0. The Hall–Kier alpha value is -3.67. The second-order valence-corrected chi connectivity index (χ2v) is 7.89. The van der Waals surface area contributed by atoms with Gasteiger partial charge in [-0.25, -0.2) is 15.0 Å². The van der Waals surface area contributed by atoms with Gasteiger partial charge >= 0.3 is 0 Å². The quantitative estimate of drug-likeness (QED) is 0.486. The number of carbonyl (C=O) groups is 1. The number of carbonyl (C=O) groups excluding carboxylic acids is 1. The van der Waals surface area contributed by atoms with Crippen LogP contribution in [-0.4, -0.2) is 43.8 Å². The van der Waals surface area contributed by atoms with Crippen LogP contribution in [0.4, 0.5) is 0 Å². The van der Waals surface area contributed by atoms with E-state index in [2.05, 4.69) is 15.0 Å². The molecule has 0 aliphatic rings. The fourth-order valence-electron chi connectivity index (χ4n) is 3.69. The lowest BCUT2D eigenvalue weighted by atomic mass is 10.0. The third-order valence-corrected chi connectivity index (χ3v) is 5.72. The van der Waals surface area contributed by atoms with Crippen LogP contribution in [0.5, 0.6) is 0 Å². The highest BCUT2D eigenvalue weighted by Gasteiger charge is 2.22. The molecule has 31 heavy (non-hydrogen) atoms. The Morgan fingerprint density at radius 3 is 2.55 bits per heavy atom. The highest BCUT2D eigenvalue weighted by molar-refractivity contribution is 6.07. The van der Waals surface area contributed by atoms with E-state index in [4.69, 9.17) is 4.98 Å². The van der Waals surface area contributed by atoms with Crippen molar-refractivity contribution in [2.75, 3.05) is 7.05 Å². The standard InChI is InChI=1S/C25H25N5O/c1-16-8-6-10-28-22(16)11-18(3)30(4)25(31)21-12-23(19-13-26-15-27-14-19)29-24-17(2)7-5-9-20(21)24/h5-10,12-15,18H,11H2,1-4H3/t18-/m1/s1. The molecule has 3 aromatic heterocycles. The van der Waals surface area contributed by atoms with Gasteiger partial charge in [0, 0.05) is 54.7 Å². The summed E-state index contributed by atoms with van der Waals surface area (Å²) >= 11 is 0. The number of hydrogen-bond acceptors (Lipinski definition) is 5. The highest BCUT2D eigenvalue weighted by Crippen LogP contribution is 2.27. The maximum Gasteiger partial charge on any atom is 0.254 e. The molecule has 0 N–H and O–H groups in total. The topological polar surface area (TPSA) is 71.9 Å². The molecule has 0 aliphatic heterocycles. The lowest BCUT2D eigenvalue weighted by Crippen LogP contribution is -2.37. The van der Waals surface area contributed by atoms with Crippen LogP contribution in [-0.2, 0) is 6.42 Å². The molecule has 3 heterocycles. The number of para-hydroxylation sites is 1. The van der Waals surface area contributed by atoms with Crippen molar-refractivity contribution in [3.63, 3.8) is 0 Å². The number of benzene rings is 1. The van der Waals surface area contributed by atoms with Gasteiger partial charge in [-0.3, -0.25) is 9.78 Å². The largest absolute Gasteiger partial charge is 0.339 e. The first kappa shape index (κ1) is 20.6. The van der Waals surface area contributed by atoms with Crippen LogP contribution in [0.25, 0.3) is 22.2 Å². The predicted molar refractivity (Wildman–Crippen MR) is 122 cm³/mol. The molecule has 0 saturated carbocycles. The molecule has 4 rings (SSSR count). The van der Waals surface area contributed by atoms with E-state index >= 15 is 0 Å². The SMILES string of the molecule is Cc1cccnc1C[C@@H](C)N(C)C(=O)c1cc(-c2cncnc2)nc2c(C)cccc12. The Morgan fingerprint density at radius 2 is 1.81 bits per heavy atom. The van der Waals surface area contributed by atoms with Crippen LogP contribution < -0.4 is 0 Å². The van der Waals surface area contributed by atoms with Gasteiger partial charge in [0.1, 0.15) is 6.33 Å². The van der Waals surface area contributed by atoms with E-state index in [9.17, 15) is 4.79 Å². The van der Waals surface area contributed by atoms with Gasteiger partial charge in [-0.05, 0) is 44.0 Å². The van der Waals surface area contributed by atoms with Gasteiger partial charge < -0.3 is 4.90 Å². The normalized spacial score (nSPS) is 12.0. The van der Waals surface area contributed by atoms with Crippen molar-refractivity contribution in [1.82, 2.24) is 24.8 Å². The third-order valence-electron chi connectivity index (χ3n) is 5.72. The van der Waals surface area contributed by atoms with Crippen LogP contribution >= 0.6 is 0 Å². The van der Waals surface area contributed by atoms with Crippen molar-refractivity contribution >= 4 is 16.8 Å². The van der Waals surface area contributed by atoms with Crippen LogP contribution in [0, 0.1) is 13.8 Å². The Labute approximate surface area is 182 Å². The molecule has 0 fully saturated rings. The Balaban J connectivity index is 1.74. The van der Waals surface area contributed by atoms with E-state index in [-0.39, 0.29) is 11.9 Å². The lowest BCUT2D eigenvalue weighted by molar-refractivity contribution is 0.0744. The monoisotopic (exact) mass is 411 g/mol. The number of nitrogens with zero attached hydrogens (tertiary/aromatic N) is 5. The molecule has 1 amide bonds. The molecule has 156 valence electrons. The summed E-state index contributed by atoms with van der Waals surface area (Å²) in [6.07, 6.45) is 7.39. The zero-order valence-corrected chi connectivity index (χ0v) is 18.2. The van der Waals surface area contributed by atoms with Gasteiger partial charge in [-0.15, -0.1) is 0 Å². The Kier molecular flexibility index (Phi) is 5.71. The van der Waals surface area contributed by atoms with Crippen molar-refractivity contribution in [3.8, 4) is 11.3 Å². The summed E-state index contributed by atoms with van der Waals surface area (Å²) in [4.78, 5) is 32.9. The first-order valence-electron chi connectivity index (χ1n) is 10.3. The molecule has 4 aromatic rings. The van der Waals surface area contributed by atoms with E-state index in [1.807, 2.05) is 64.2 Å². The summed E-state index contributed by atoms with van der Waals surface area (Å²) in [7, 11) is 1.85. The van der Waals surface area contributed by atoms with Gasteiger partial charge in [-0.1, -0.05) is 24.3 Å². The van der Waals surface area contributed by atoms with Crippen LogP contribution in [0.3, 0.4) is 0 Å². The van der Waals surface area contributed by atoms with Crippen molar-refractivity contribution in [3.05, 3.63) is 83.7 Å². The average Bonchev–Trinajstić information content (AvgIpc) is 2.80. The van der Waals surface area contributed by atoms with E-state index in [0.29, 0.717) is 17.7 Å². The molecular weight excluding hydrogens is 386 g/mol. The first-order chi connectivity index (χ1) is 15.0. The number of hydrogen-bond donors (Lipinski definition) is 0. The van der Waals surface area contributed by atoms with Crippen LogP contribution in [0.2, 0.25) is 0 Å². The Bertz CT molecular complexity index is 1240. The molecule has 0 radical (unpaired) electrons. The van der Waals surface area contributed by atoms with Crippen molar-refractivity contribution in [1.29, 1.82) is 0 Å². The number of fused-ring (bicyclic) bond motifs is 1. The molecular formula is C25H25N5O. The molecule has 0 spiro atoms. The van der Waals surface area contributed by atoms with E-state index in [1.54, 1.807) is 23.5 Å². The van der Waals surface area contributed by atoms with Crippen LogP contribution in [0.15, 0.2) is 61.3 Å². The summed E-state index contributed by atoms with van der Waals surface area (Å²) in [5.41, 5.74) is 6.06. The second-order valence-electron chi connectivity index (χ2n) is 7.89. The number of aromatic nitrogens is 4. The summed E-state index contributed by atoms with van der Waals surface area (Å²) in [6, 6.07) is 11.7. The molecule has 6 nitrogen and oxygen atoms in total. The third kappa shape index (κ3) is 4.14. The molecule has 1 atom stereocenters. The number of pyridine rings is 2. The van der Waals surface area contributed by atoms with Gasteiger partial charge in [0.25, 0.3) is 5.91 Å². The zero-order valence-electron chi connectivity index (χ0n) is 18.2. The second kappa shape index (κ2) is 8.60. The molecule has 0 saturated heterocycles.